The van der Waals surface area contributed by atoms with E-state index in [1.807, 2.05) is 11.3 Å². The molecule has 0 saturated heterocycles. The molecule has 2 heteroatoms. The molecule has 6 rings (SSSR count). The zero-order valence-corrected chi connectivity index (χ0v) is 15.8. The third-order valence-electron chi connectivity index (χ3n) is 5.61. The van der Waals surface area contributed by atoms with Gasteiger partial charge in [-0.25, -0.2) is 0 Å². The lowest BCUT2D eigenvalue weighted by atomic mass is 9.98. The Kier molecular flexibility index (Phi) is 3.03. The van der Waals surface area contributed by atoms with Crippen molar-refractivity contribution in [3.05, 3.63) is 84.9 Å². The quantitative estimate of drug-likeness (QED) is 0.287. The average molecular weight is 363 g/mol. The number of para-hydroxylation sites is 1. The molecule has 0 bridgehead atoms. The standard InChI is InChI=1S/C25H17NS/c1-26-20-12-6-5-10-18(20)19-14-15-22-24(25(19)26)23-17(11-7-13-21(23)27-22)16-8-3-2-4-9-16/h2-15H,1H3. The second kappa shape index (κ2) is 5.45. The number of thiophene rings is 1. The van der Waals surface area contributed by atoms with Crippen molar-refractivity contribution in [2.24, 2.45) is 7.05 Å². The number of nitrogens with zero attached hydrogens (tertiary/aromatic N) is 1. The van der Waals surface area contributed by atoms with Crippen molar-refractivity contribution in [2.75, 3.05) is 0 Å². The van der Waals surface area contributed by atoms with Crippen LogP contribution in [0.25, 0.3) is 53.1 Å². The third-order valence-corrected chi connectivity index (χ3v) is 6.73. The zero-order chi connectivity index (χ0) is 18.0. The maximum atomic E-state index is 2.36. The smallest absolute Gasteiger partial charge is 0.0583 e. The van der Waals surface area contributed by atoms with Gasteiger partial charge in [0.25, 0.3) is 0 Å². The molecule has 6 aromatic rings. The molecule has 0 aliphatic heterocycles. The van der Waals surface area contributed by atoms with E-state index in [4.69, 9.17) is 0 Å². The normalized spacial score (nSPS) is 11.9. The van der Waals surface area contributed by atoms with Gasteiger partial charge in [-0.1, -0.05) is 66.7 Å². The molecule has 0 aliphatic carbocycles. The summed E-state index contributed by atoms with van der Waals surface area (Å²) in [5.41, 5.74) is 5.22. The van der Waals surface area contributed by atoms with E-state index >= 15 is 0 Å². The van der Waals surface area contributed by atoms with E-state index in [0.29, 0.717) is 0 Å². The summed E-state index contributed by atoms with van der Waals surface area (Å²) in [6.07, 6.45) is 0. The first-order chi connectivity index (χ1) is 13.3. The molecule has 0 aliphatic rings. The fraction of sp³-hybridized carbons (Fsp3) is 0.0400. The average Bonchev–Trinajstić information content (AvgIpc) is 3.24. The highest BCUT2D eigenvalue weighted by Gasteiger charge is 2.17. The van der Waals surface area contributed by atoms with Gasteiger partial charge in [0.15, 0.2) is 0 Å². The molecule has 27 heavy (non-hydrogen) atoms. The second-order valence-electron chi connectivity index (χ2n) is 7.06. The van der Waals surface area contributed by atoms with Gasteiger partial charge in [0.1, 0.15) is 0 Å². The Morgan fingerprint density at radius 2 is 1.41 bits per heavy atom. The molecule has 0 atom stereocenters. The second-order valence-corrected chi connectivity index (χ2v) is 8.14. The van der Waals surface area contributed by atoms with Gasteiger partial charge in [-0.05, 0) is 29.3 Å². The number of hydrogen-bond donors (Lipinski definition) is 0. The van der Waals surface area contributed by atoms with E-state index in [2.05, 4.69) is 96.5 Å². The van der Waals surface area contributed by atoms with Crippen LogP contribution in [0.1, 0.15) is 0 Å². The van der Waals surface area contributed by atoms with Crippen molar-refractivity contribution in [3.8, 4) is 11.1 Å². The minimum atomic E-state index is 1.28. The van der Waals surface area contributed by atoms with Gasteiger partial charge in [0.2, 0.25) is 0 Å². The molecule has 2 aromatic heterocycles. The molecule has 0 spiro atoms. The summed E-state index contributed by atoms with van der Waals surface area (Å²) in [6.45, 7) is 0. The maximum Gasteiger partial charge on any atom is 0.0583 e. The summed E-state index contributed by atoms with van der Waals surface area (Å²) in [5.74, 6) is 0. The number of benzene rings is 4. The summed E-state index contributed by atoms with van der Waals surface area (Å²) < 4.78 is 5.07. The summed E-state index contributed by atoms with van der Waals surface area (Å²) in [6, 6.07) is 30.7. The van der Waals surface area contributed by atoms with Crippen LogP contribution in [0.5, 0.6) is 0 Å². The summed E-state index contributed by atoms with van der Waals surface area (Å²) in [7, 11) is 2.19. The molecule has 0 saturated carbocycles. The van der Waals surface area contributed by atoms with Gasteiger partial charge >= 0.3 is 0 Å². The van der Waals surface area contributed by atoms with Crippen molar-refractivity contribution in [1.29, 1.82) is 0 Å². The third kappa shape index (κ3) is 1.99. The number of rotatable bonds is 1. The van der Waals surface area contributed by atoms with Crippen LogP contribution >= 0.6 is 11.3 Å². The molecular formula is C25H17NS. The van der Waals surface area contributed by atoms with Crippen molar-refractivity contribution >= 4 is 53.3 Å². The van der Waals surface area contributed by atoms with Crippen LogP contribution in [0.2, 0.25) is 0 Å². The van der Waals surface area contributed by atoms with Crippen molar-refractivity contribution in [3.63, 3.8) is 0 Å². The molecule has 2 heterocycles. The highest BCUT2D eigenvalue weighted by Crippen LogP contribution is 2.44. The highest BCUT2D eigenvalue weighted by molar-refractivity contribution is 7.26. The van der Waals surface area contributed by atoms with Crippen molar-refractivity contribution < 1.29 is 0 Å². The number of hydrogen-bond acceptors (Lipinski definition) is 1. The van der Waals surface area contributed by atoms with Crippen LogP contribution < -0.4 is 0 Å². The van der Waals surface area contributed by atoms with Crippen molar-refractivity contribution in [1.82, 2.24) is 4.57 Å². The van der Waals surface area contributed by atoms with Crippen LogP contribution in [0.15, 0.2) is 84.9 Å². The summed E-state index contributed by atoms with van der Waals surface area (Å²) in [5, 5.41) is 5.42. The molecule has 0 fully saturated rings. The number of fused-ring (bicyclic) bond motifs is 7. The van der Waals surface area contributed by atoms with Crippen LogP contribution in [0.3, 0.4) is 0 Å². The first-order valence-electron chi connectivity index (χ1n) is 9.20. The number of aromatic nitrogens is 1. The first-order valence-corrected chi connectivity index (χ1v) is 10.0. The van der Waals surface area contributed by atoms with Crippen LogP contribution in [0.4, 0.5) is 0 Å². The Morgan fingerprint density at radius 3 is 2.30 bits per heavy atom. The van der Waals surface area contributed by atoms with E-state index in [1.165, 1.54) is 53.1 Å². The Hall–Kier alpha value is -3.10. The molecular weight excluding hydrogens is 346 g/mol. The topological polar surface area (TPSA) is 4.93 Å². The van der Waals surface area contributed by atoms with Crippen LogP contribution in [0, 0.1) is 0 Å². The molecule has 1 nitrogen and oxygen atoms in total. The van der Waals surface area contributed by atoms with Gasteiger partial charge < -0.3 is 4.57 Å². The lowest BCUT2D eigenvalue weighted by molar-refractivity contribution is 1.02. The zero-order valence-electron chi connectivity index (χ0n) is 14.9. The Labute approximate surface area is 161 Å². The van der Waals surface area contributed by atoms with E-state index in [-0.39, 0.29) is 0 Å². The molecule has 0 N–H and O–H groups in total. The Morgan fingerprint density at radius 1 is 0.630 bits per heavy atom. The fourth-order valence-electron chi connectivity index (χ4n) is 4.43. The van der Waals surface area contributed by atoms with Gasteiger partial charge in [0.05, 0.1) is 5.52 Å². The predicted octanol–water partition coefficient (Wildman–Crippen LogP) is 7.37. The lowest BCUT2D eigenvalue weighted by Gasteiger charge is -2.06. The van der Waals surface area contributed by atoms with E-state index in [9.17, 15) is 0 Å². The van der Waals surface area contributed by atoms with Gasteiger partial charge in [-0.3, -0.25) is 0 Å². The van der Waals surface area contributed by atoms with Crippen LogP contribution in [-0.4, -0.2) is 4.57 Å². The van der Waals surface area contributed by atoms with Gasteiger partial charge in [0, 0.05) is 43.5 Å². The molecule has 4 aromatic carbocycles. The van der Waals surface area contributed by atoms with E-state index in [1.54, 1.807) is 0 Å². The molecule has 0 amide bonds. The highest BCUT2D eigenvalue weighted by atomic mass is 32.1. The molecule has 0 radical (unpaired) electrons. The first kappa shape index (κ1) is 15.0. The molecule has 128 valence electrons. The summed E-state index contributed by atoms with van der Waals surface area (Å²) >= 11 is 1.89. The summed E-state index contributed by atoms with van der Waals surface area (Å²) in [4.78, 5) is 0. The predicted molar refractivity (Wildman–Crippen MR) is 119 cm³/mol. The SMILES string of the molecule is Cn1c2ccccc2c2ccc3sc4cccc(-c5ccccc5)c4c3c21. The monoisotopic (exact) mass is 363 g/mol. The van der Waals surface area contributed by atoms with Gasteiger partial charge in [-0.15, -0.1) is 11.3 Å². The van der Waals surface area contributed by atoms with Gasteiger partial charge in [-0.2, -0.15) is 0 Å². The Bertz CT molecular complexity index is 1470. The van der Waals surface area contributed by atoms with E-state index in [0.717, 1.165) is 0 Å². The lowest BCUT2D eigenvalue weighted by Crippen LogP contribution is -1.87. The van der Waals surface area contributed by atoms with Crippen molar-refractivity contribution in [2.45, 2.75) is 0 Å². The Balaban J connectivity index is 1.89. The van der Waals surface area contributed by atoms with E-state index < -0.39 is 0 Å². The fourth-order valence-corrected chi connectivity index (χ4v) is 5.56. The number of aryl methyl sites for hydroxylation is 1. The molecule has 0 unspecified atom stereocenters. The van der Waals surface area contributed by atoms with Crippen LogP contribution in [-0.2, 0) is 7.05 Å². The minimum Gasteiger partial charge on any atom is -0.343 e. The largest absolute Gasteiger partial charge is 0.343 e. The maximum absolute atomic E-state index is 2.36. The minimum absolute atomic E-state index is 1.28.